The van der Waals surface area contributed by atoms with Crippen molar-refractivity contribution in [2.75, 3.05) is 13.2 Å². The van der Waals surface area contributed by atoms with Gasteiger partial charge in [0, 0.05) is 18.5 Å². The van der Waals surface area contributed by atoms with E-state index >= 15 is 0 Å². The Labute approximate surface area is 131 Å². The molecule has 3 heterocycles. The highest BCUT2D eigenvalue weighted by molar-refractivity contribution is 5.68. The highest BCUT2D eigenvalue weighted by Gasteiger charge is 2.11. The fourth-order valence-corrected chi connectivity index (χ4v) is 2.15. The summed E-state index contributed by atoms with van der Waals surface area (Å²) in [5.74, 6) is 2.22. The number of rotatable bonds is 3. The summed E-state index contributed by atoms with van der Waals surface area (Å²) in [6, 6.07) is 5.72. The van der Waals surface area contributed by atoms with Gasteiger partial charge in [-0.2, -0.15) is 0 Å². The Kier molecular flexibility index (Phi) is 3.44. The molecule has 0 atom stereocenters. The lowest BCUT2D eigenvalue weighted by atomic mass is 10.2. The second-order valence-corrected chi connectivity index (χ2v) is 4.77. The van der Waals surface area contributed by atoms with Gasteiger partial charge < -0.3 is 13.9 Å². The van der Waals surface area contributed by atoms with Crippen molar-refractivity contribution in [3.05, 3.63) is 48.2 Å². The van der Waals surface area contributed by atoms with Crippen molar-refractivity contribution in [2.24, 2.45) is 0 Å². The molecule has 1 aromatic carbocycles. The van der Waals surface area contributed by atoms with Gasteiger partial charge in [0.15, 0.2) is 11.5 Å². The van der Waals surface area contributed by atoms with Crippen molar-refractivity contribution in [2.45, 2.75) is 0 Å². The van der Waals surface area contributed by atoms with Crippen LogP contribution in [-0.2, 0) is 0 Å². The van der Waals surface area contributed by atoms with Gasteiger partial charge in [-0.25, -0.2) is 4.98 Å². The maximum absolute atomic E-state index is 5.55. The van der Waals surface area contributed by atoms with E-state index < -0.39 is 0 Å². The van der Waals surface area contributed by atoms with E-state index in [4.69, 9.17) is 13.9 Å². The van der Waals surface area contributed by atoms with Gasteiger partial charge in [0.25, 0.3) is 5.89 Å². The van der Waals surface area contributed by atoms with E-state index in [1.165, 1.54) is 0 Å². The first-order chi connectivity index (χ1) is 11.4. The van der Waals surface area contributed by atoms with E-state index in [9.17, 15) is 0 Å². The predicted molar refractivity (Wildman–Crippen MR) is 81.7 cm³/mol. The zero-order chi connectivity index (χ0) is 15.5. The minimum atomic E-state index is 0.333. The number of aromatic nitrogens is 4. The summed E-state index contributed by atoms with van der Waals surface area (Å²) >= 11 is 0. The van der Waals surface area contributed by atoms with Gasteiger partial charge in [0.1, 0.15) is 18.9 Å². The van der Waals surface area contributed by atoms with Gasteiger partial charge in [-0.3, -0.25) is 4.98 Å². The van der Waals surface area contributed by atoms with E-state index in [0.717, 1.165) is 17.1 Å². The molecule has 23 heavy (non-hydrogen) atoms. The molecule has 0 saturated carbocycles. The molecule has 0 bridgehead atoms. The molecule has 0 unspecified atom stereocenters. The van der Waals surface area contributed by atoms with Crippen LogP contribution >= 0.6 is 0 Å². The maximum atomic E-state index is 5.55. The quantitative estimate of drug-likeness (QED) is 0.735. The number of ether oxygens (including phenoxy) is 2. The van der Waals surface area contributed by atoms with E-state index in [1.807, 2.05) is 24.3 Å². The SMILES string of the molecule is C(=C/c1nnc(-c2cnccn2)o1)/c1ccc2c(c1)OCCO2. The summed E-state index contributed by atoms with van der Waals surface area (Å²) in [6.07, 6.45) is 8.33. The molecule has 0 spiro atoms. The van der Waals surface area contributed by atoms with Gasteiger partial charge in [-0.1, -0.05) is 6.07 Å². The largest absolute Gasteiger partial charge is 0.486 e. The van der Waals surface area contributed by atoms with Crippen molar-refractivity contribution in [3.63, 3.8) is 0 Å². The van der Waals surface area contributed by atoms with Crippen LogP contribution < -0.4 is 9.47 Å². The first-order valence-corrected chi connectivity index (χ1v) is 7.06. The Morgan fingerprint density at radius 2 is 1.87 bits per heavy atom. The van der Waals surface area contributed by atoms with Crippen molar-refractivity contribution in [3.8, 4) is 23.1 Å². The molecular weight excluding hydrogens is 296 g/mol. The molecule has 0 aliphatic carbocycles. The molecule has 1 aliphatic heterocycles. The van der Waals surface area contributed by atoms with Crippen molar-refractivity contribution in [1.82, 2.24) is 20.2 Å². The van der Waals surface area contributed by atoms with Crippen molar-refractivity contribution in [1.29, 1.82) is 0 Å². The molecular formula is C16H12N4O3. The second-order valence-electron chi connectivity index (χ2n) is 4.77. The monoisotopic (exact) mass is 308 g/mol. The summed E-state index contributed by atoms with van der Waals surface area (Å²) in [6.45, 7) is 1.14. The minimum Gasteiger partial charge on any atom is -0.486 e. The Bertz CT molecular complexity index is 846. The standard InChI is InChI=1S/C16H12N4O3/c1-3-13-14(22-8-7-21-13)9-11(1)2-4-15-19-20-16(23-15)12-10-17-5-6-18-12/h1-6,9-10H,7-8H2/b4-2-. The third-order valence-electron chi connectivity index (χ3n) is 3.21. The number of hydrogen-bond acceptors (Lipinski definition) is 7. The fourth-order valence-electron chi connectivity index (χ4n) is 2.15. The molecule has 7 heteroatoms. The first-order valence-electron chi connectivity index (χ1n) is 7.06. The summed E-state index contributed by atoms with van der Waals surface area (Å²) in [5, 5.41) is 7.92. The third-order valence-corrected chi connectivity index (χ3v) is 3.21. The van der Waals surface area contributed by atoms with E-state index in [2.05, 4.69) is 20.2 Å². The third kappa shape index (κ3) is 2.89. The van der Waals surface area contributed by atoms with Gasteiger partial charge in [0.05, 0.1) is 6.20 Å². The summed E-state index contributed by atoms with van der Waals surface area (Å²) in [5.41, 5.74) is 1.49. The van der Waals surface area contributed by atoms with Crippen LogP contribution in [0.1, 0.15) is 11.5 Å². The molecule has 2 aromatic heterocycles. The molecule has 114 valence electrons. The Morgan fingerprint density at radius 1 is 0.957 bits per heavy atom. The predicted octanol–water partition coefficient (Wildman–Crippen LogP) is 2.47. The number of benzene rings is 1. The van der Waals surface area contributed by atoms with Crippen LogP contribution in [0.2, 0.25) is 0 Å². The molecule has 1 aliphatic rings. The Balaban J connectivity index is 1.54. The van der Waals surface area contributed by atoms with Gasteiger partial charge >= 0.3 is 0 Å². The van der Waals surface area contributed by atoms with E-state index in [1.54, 1.807) is 24.7 Å². The normalized spacial score (nSPS) is 13.4. The van der Waals surface area contributed by atoms with Crippen LogP contribution in [-0.4, -0.2) is 33.4 Å². The second kappa shape index (κ2) is 5.88. The highest BCUT2D eigenvalue weighted by Crippen LogP contribution is 2.31. The van der Waals surface area contributed by atoms with Crippen LogP contribution in [0.4, 0.5) is 0 Å². The molecule has 3 aromatic rings. The van der Waals surface area contributed by atoms with Crippen LogP contribution in [0.15, 0.2) is 41.2 Å². The topological polar surface area (TPSA) is 83.2 Å². The molecule has 0 saturated heterocycles. The van der Waals surface area contributed by atoms with Crippen molar-refractivity contribution >= 4 is 12.2 Å². The average Bonchev–Trinajstić information content (AvgIpc) is 3.10. The van der Waals surface area contributed by atoms with Crippen LogP contribution in [0, 0.1) is 0 Å². The summed E-state index contributed by atoms with van der Waals surface area (Å²) < 4.78 is 16.6. The number of nitrogens with zero attached hydrogens (tertiary/aromatic N) is 4. The molecule has 0 amide bonds. The van der Waals surface area contributed by atoms with E-state index in [-0.39, 0.29) is 0 Å². The lowest BCUT2D eigenvalue weighted by molar-refractivity contribution is 0.171. The maximum Gasteiger partial charge on any atom is 0.268 e. The number of hydrogen-bond donors (Lipinski definition) is 0. The minimum absolute atomic E-state index is 0.333. The van der Waals surface area contributed by atoms with Crippen molar-refractivity contribution < 1.29 is 13.9 Å². The number of fused-ring (bicyclic) bond motifs is 1. The van der Waals surface area contributed by atoms with Gasteiger partial charge in [-0.05, 0) is 23.8 Å². The molecule has 4 rings (SSSR count). The van der Waals surface area contributed by atoms with Crippen LogP contribution in [0.5, 0.6) is 11.5 Å². The van der Waals surface area contributed by atoms with E-state index in [0.29, 0.717) is 30.7 Å². The lowest BCUT2D eigenvalue weighted by Crippen LogP contribution is -2.15. The average molecular weight is 308 g/mol. The zero-order valence-corrected chi connectivity index (χ0v) is 12.0. The smallest absolute Gasteiger partial charge is 0.268 e. The summed E-state index contributed by atoms with van der Waals surface area (Å²) in [7, 11) is 0. The zero-order valence-electron chi connectivity index (χ0n) is 12.0. The summed E-state index contributed by atoms with van der Waals surface area (Å²) in [4.78, 5) is 8.09. The molecule has 0 radical (unpaired) electrons. The highest BCUT2D eigenvalue weighted by atomic mass is 16.6. The van der Waals surface area contributed by atoms with Crippen LogP contribution in [0.25, 0.3) is 23.7 Å². The molecule has 7 nitrogen and oxygen atoms in total. The van der Waals surface area contributed by atoms with Gasteiger partial charge in [0.2, 0.25) is 5.89 Å². The Morgan fingerprint density at radius 3 is 2.74 bits per heavy atom. The van der Waals surface area contributed by atoms with Crippen LogP contribution in [0.3, 0.4) is 0 Å². The van der Waals surface area contributed by atoms with Gasteiger partial charge in [-0.15, -0.1) is 10.2 Å². The first kappa shape index (κ1) is 13.4. The Hall–Kier alpha value is -3.22. The molecule has 0 fully saturated rings. The lowest BCUT2D eigenvalue weighted by Gasteiger charge is -2.18. The fraction of sp³-hybridized carbons (Fsp3) is 0.125. The molecule has 0 N–H and O–H groups in total.